The fourth-order valence-corrected chi connectivity index (χ4v) is 1.64. The van der Waals surface area contributed by atoms with Gasteiger partial charge in [0.2, 0.25) is 0 Å². The summed E-state index contributed by atoms with van der Waals surface area (Å²) in [5.41, 5.74) is 5.97. The Morgan fingerprint density at radius 1 is 1.27 bits per heavy atom. The van der Waals surface area contributed by atoms with Gasteiger partial charge in [-0.1, -0.05) is 23.2 Å². The molecule has 0 heterocycles. The summed E-state index contributed by atoms with van der Waals surface area (Å²) in [5.74, 6) is 0.211. The van der Waals surface area contributed by atoms with E-state index in [1.807, 2.05) is 0 Å². The van der Waals surface area contributed by atoms with Crippen LogP contribution in [0.5, 0.6) is 5.75 Å². The molecule has 0 saturated carbocycles. The van der Waals surface area contributed by atoms with E-state index in [0.29, 0.717) is 15.6 Å². The van der Waals surface area contributed by atoms with Crippen molar-refractivity contribution < 1.29 is 13.5 Å². The zero-order valence-corrected chi connectivity index (χ0v) is 9.16. The van der Waals surface area contributed by atoms with Crippen molar-refractivity contribution in [1.29, 1.82) is 0 Å². The molecule has 2 nitrogen and oxygen atoms in total. The molecular weight excluding hydrogens is 247 g/mol. The van der Waals surface area contributed by atoms with Crippen molar-refractivity contribution in [2.45, 2.75) is 13.0 Å². The van der Waals surface area contributed by atoms with Crippen molar-refractivity contribution in [1.82, 2.24) is 0 Å². The Bertz CT molecular complexity index is 324. The van der Waals surface area contributed by atoms with Crippen LogP contribution in [0.1, 0.15) is 5.56 Å². The Balaban J connectivity index is 2.84. The number of ether oxygens (including phenoxy) is 1. The molecule has 0 radical (unpaired) electrons. The predicted octanol–water partition coefficient (Wildman–Crippen LogP) is 3.10. The quantitative estimate of drug-likeness (QED) is 0.898. The van der Waals surface area contributed by atoms with Crippen molar-refractivity contribution in [2.24, 2.45) is 5.73 Å². The SMILES string of the molecule is NCc1c(Cl)cc(OCC(F)F)cc1Cl. The summed E-state index contributed by atoms with van der Waals surface area (Å²) in [5, 5.41) is 0.628. The number of hydrogen-bond acceptors (Lipinski definition) is 2. The summed E-state index contributed by atoms with van der Waals surface area (Å²) < 4.78 is 28.5. The van der Waals surface area contributed by atoms with Gasteiger partial charge in [-0.3, -0.25) is 0 Å². The third kappa shape index (κ3) is 3.48. The van der Waals surface area contributed by atoms with Crippen LogP contribution in [0.2, 0.25) is 10.0 Å². The van der Waals surface area contributed by atoms with Crippen LogP contribution in [0, 0.1) is 0 Å². The molecule has 0 atom stereocenters. The smallest absolute Gasteiger partial charge is 0.272 e. The first-order valence-electron chi connectivity index (χ1n) is 4.13. The lowest BCUT2D eigenvalue weighted by molar-refractivity contribution is 0.0819. The van der Waals surface area contributed by atoms with Gasteiger partial charge in [-0.15, -0.1) is 0 Å². The summed E-state index contributed by atoms with van der Waals surface area (Å²) in [6.07, 6.45) is -2.53. The van der Waals surface area contributed by atoms with Crippen molar-refractivity contribution in [3.8, 4) is 5.75 Å². The van der Waals surface area contributed by atoms with E-state index < -0.39 is 13.0 Å². The van der Waals surface area contributed by atoms with Gasteiger partial charge in [-0.2, -0.15) is 0 Å². The molecule has 0 fully saturated rings. The van der Waals surface area contributed by atoms with Gasteiger partial charge in [0.15, 0.2) is 0 Å². The van der Waals surface area contributed by atoms with E-state index in [4.69, 9.17) is 33.7 Å². The molecule has 15 heavy (non-hydrogen) atoms. The number of hydrogen-bond donors (Lipinski definition) is 1. The standard InChI is InChI=1S/C9H9Cl2F2NO/c10-7-1-5(15-4-9(12)13)2-8(11)6(7)3-14/h1-2,9H,3-4,14H2. The lowest BCUT2D eigenvalue weighted by Crippen LogP contribution is -2.07. The second-order valence-corrected chi connectivity index (χ2v) is 3.59. The summed E-state index contributed by atoms with van der Waals surface area (Å²) >= 11 is 11.6. The molecule has 0 aliphatic heterocycles. The number of alkyl halides is 2. The van der Waals surface area contributed by atoms with Crippen LogP contribution in [0.25, 0.3) is 0 Å². The number of nitrogens with two attached hydrogens (primary N) is 1. The van der Waals surface area contributed by atoms with Gasteiger partial charge in [0.25, 0.3) is 6.43 Å². The first-order valence-corrected chi connectivity index (χ1v) is 4.89. The highest BCUT2D eigenvalue weighted by atomic mass is 35.5. The average molecular weight is 256 g/mol. The normalized spacial score (nSPS) is 10.8. The van der Waals surface area contributed by atoms with E-state index in [2.05, 4.69) is 0 Å². The van der Waals surface area contributed by atoms with E-state index in [0.717, 1.165) is 0 Å². The van der Waals surface area contributed by atoms with Crippen LogP contribution >= 0.6 is 23.2 Å². The molecule has 0 unspecified atom stereocenters. The van der Waals surface area contributed by atoms with Crippen molar-refractivity contribution in [2.75, 3.05) is 6.61 Å². The zero-order valence-electron chi connectivity index (χ0n) is 7.64. The Morgan fingerprint density at radius 2 is 1.80 bits per heavy atom. The molecule has 0 amide bonds. The van der Waals surface area contributed by atoms with Crippen LogP contribution in [0.4, 0.5) is 8.78 Å². The molecule has 0 saturated heterocycles. The molecule has 0 aliphatic carbocycles. The van der Waals surface area contributed by atoms with Crippen LogP contribution in [0.15, 0.2) is 12.1 Å². The van der Waals surface area contributed by atoms with E-state index in [9.17, 15) is 8.78 Å². The van der Waals surface area contributed by atoms with Gasteiger partial charge < -0.3 is 10.5 Å². The van der Waals surface area contributed by atoms with Gasteiger partial charge in [0.05, 0.1) is 10.0 Å². The molecule has 0 aromatic heterocycles. The van der Waals surface area contributed by atoms with Gasteiger partial charge in [-0.05, 0) is 12.1 Å². The molecule has 6 heteroatoms. The molecule has 0 bridgehead atoms. The van der Waals surface area contributed by atoms with Gasteiger partial charge in [-0.25, -0.2) is 8.78 Å². The van der Waals surface area contributed by atoms with E-state index >= 15 is 0 Å². The van der Waals surface area contributed by atoms with E-state index in [-0.39, 0.29) is 12.3 Å². The lowest BCUT2D eigenvalue weighted by atomic mass is 10.2. The fourth-order valence-electron chi connectivity index (χ4n) is 1.02. The highest BCUT2D eigenvalue weighted by Gasteiger charge is 2.09. The molecule has 84 valence electrons. The molecule has 0 spiro atoms. The topological polar surface area (TPSA) is 35.2 Å². The zero-order chi connectivity index (χ0) is 11.4. The predicted molar refractivity (Wildman–Crippen MR) is 55.9 cm³/mol. The summed E-state index contributed by atoms with van der Waals surface area (Å²) in [7, 11) is 0. The highest BCUT2D eigenvalue weighted by Crippen LogP contribution is 2.30. The van der Waals surface area contributed by atoms with Crippen LogP contribution in [-0.2, 0) is 6.54 Å². The monoisotopic (exact) mass is 255 g/mol. The van der Waals surface area contributed by atoms with E-state index in [1.54, 1.807) is 0 Å². The Kier molecular flexibility index (Phi) is 4.57. The lowest BCUT2D eigenvalue weighted by Gasteiger charge is -2.09. The number of benzene rings is 1. The summed E-state index contributed by atoms with van der Waals surface area (Å²) in [6.45, 7) is -0.499. The number of halogens is 4. The van der Waals surface area contributed by atoms with Gasteiger partial charge >= 0.3 is 0 Å². The molecular formula is C9H9Cl2F2NO. The Hall–Kier alpha value is -0.580. The molecule has 1 aromatic rings. The van der Waals surface area contributed by atoms with Crippen molar-refractivity contribution in [3.63, 3.8) is 0 Å². The Morgan fingerprint density at radius 3 is 2.20 bits per heavy atom. The van der Waals surface area contributed by atoms with E-state index in [1.165, 1.54) is 12.1 Å². The molecule has 0 aliphatic rings. The maximum Gasteiger partial charge on any atom is 0.272 e. The second-order valence-electron chi connectivity index (χ2n) is 2.77. The molecule has 1 rings (SSSR count). The maximum atomic E-state index is 11.9. The third-order valence-electron chi connectivity index (χ3n) is 1.69. The minimum atomic E-state index is -2.53. The van der Waals surface area contributed by atoms with Crippen LogP contribution in [0.3, 0.4) is 0 Å². The minimum absolute atomic E-state index is 0.187. The third-order valence-corrected chi connectivity index (χ3v) is 2.37. The fraction of sp³-hybridized carbons (Fsp3) is 0.333. The maximum absolute atomic E-state index is 11.9. The second kappa shape index (κ2) is 5.49. The Labute approximate surface area is 95.9 Å². The summed E-state index contributed by atoms with van der Waals surface area (Å²) in [6, 6.07) is 2.83. The molecule has 2 N–H and O–H groups in total. The largest absolute Gasteiger partial charge is 0.488 e. The van der Waals surface area contributed by atoms with Crippen LogP contribution in [-0.4, -0.2) is 13.0 Å². The summed E-state index contributed by atoms with van der Waals surface area (Å²) in [4.78, 5) is 0. The van der Waals surface area contributed by atoms with Gasteiger partial charge in [0, 0.05) is 12.1 Å². The first kappa shape index (κ1) is 12.5. The minimum Gasteiger partial charge on any atom is -0.488 e. The average Bonchev–Trinajstić information content (AvgIpc) is 2.14. The van der Waals surface area contributed by atoms with Crippen molar-refractivity contribution >= 4 is 23.2 Å². The highest BCUT2D eigenvalue weighted by molar-refractivity contribution is 6.36. The first-order chi connectivity index (χ1) is 7.04. The molecule has 1 aromatic carbocycles. The number of rotatable bonds is 4. The van der Waals surface area contributed by atoms with Crippen LogP contribution < -0.4 is 10.5 Å². The van der Waals surface area contributed by atoms with Gasteiger partial charge in [0.1, 0.15) is 12.4 Å². The van der Waals surface area contributed by atoms with Crippen molar-refractivity contribution in [3.05, 3.63) is 27.7 Å².